The van der Waals surface area contributed by atoms with Gasteiger partial charge in [-0.25, -0.2) is 4.98 Å². The van der Waals surface area contributed by atoms with Gasteiger partial charge in [-0.05, 0) is 51.1 Å². The molecule has 0 saturated carbocycles. The van der Waals surface area contributed by atoms with E-state index in [1.807, 2.05) is 26.0 Å². The van der Waals surface area contributed by atoms with Crippen molar-refractivity contribution >= 4 is 40.6 Å². The number of carbonyl (C=O) groups excluding carboxylic acids is 1. The Morgan fingerprint density at radius 1 is 1.25 bits per heavy atom. The van der Waals surface area contributed by atoms with E-state index in [4.69, 9.17) is 32.7 Å². The van der Waals surface area contributed by atoms with E-state index in [-0.39, 0.29) is 18.1 Å². The predicted octanol–water partition coefficient (Wildman–Crippen LogP) is 4.41. The molecular weight excluding hydrogens is 401 g/mol. The van der Waals surface area contributed by atoms with Crippen molar-refractivity contribution in [2.75, 3.05) is 23.3 Å². The predicted molar refractivity (Wildman–Crippen MR) is 112 cm³/mol. The van der Waals surface area contributed by atoms with E-state index >= 15 is 0 Å². The Labute approximate surface area is 174 Å². The third-order valence-electron chi connectivity index (χ3n) is 4.33. The van der Waals surface area contributed by atoms with Crippen LogP contribution in [0.5, 0.6) is 5.75 Å². The maximum atomic E-state index is 12.4. The molecule has 1 saturated heterocycles. The SMILES string of the molecule is CC1CN(c2ccc(NC(=O)C(C)Oc3ccc(Cl)cc3Cl)cn2)CC(C)O1. The topological polar surface area (TPSA) is 63.7 Å². The number of morpholine rings is 1. The Balaban J connectivity index is 1.59. The van der Waals surface area contributed by atoms with Crippen molar-refractivity contribution in [2.45, 2.75) is 39.1 Å². The zero-order chi connectivity index (χ0) is 20.3. The minimum absolute atomic E-state index is 0.155. The number of pyridine rings is 1. The van der Waals surface area contributed by atoms with Gasteiger partial charge in [0, 0.05) is 18.1 Å². The third kappa shape index (κ3) is 5.28. The molecule has 2 heterocycles. The zero-order valence-electron chi connectivity index (χ0n) is 16.0. The van der Waals surface area contributed by atoms with Gasteiger partial charge in [-0.15, -0.1) is 0 Å². The van der Waals surface area contributed by atoms with Crippen LogP contribution in [0, 0.1) is 0 Å². The van der Waals surface area contributed by atoms with Gasteiger partial charge in [0.15, 0.2) is 6.10 Å². The Bertz CT molecular complexity index is 822. The van der Waals surface area contributed by atoms with E-state index in [0.717, 1.165) is 18.9 Å². The number of carbonyl (C=O) groups is 1. The maximum Gasteiger partial charge on any atom is 0.265 e. The van der Waals surface area contributed by atoms with Crippen LogP contribution in [0.3, 0.4) is 0 Å². The number of anilines is 2. The first-order chi connectivity index (χ1) is 13.3. The molecule has 1 aliphatic rings. The van der Waals surface area contributed by atoms with E-state index in [1.54, 1.807) is 31.3 Å². The number of aromatic nitrogens is 1. The van der Waals surface area contributed by atoms with Crippen molar-refractivity contribution in [3.8, 4) is 5.75 Å². The van der Waals surface area contributed by atoms with Gasteiger partial charge in [-0.1, -0.05) is 23.2 Å². The van der Waals surface area contributed by atoms with Crippen LogP contribution in [0.25, 0.3) is 0 Å². The van der Waals surface area contributed by atoms with Gasteiger partial charge in [0.2, 0.25) is 0 Å². The highest BCUT2D eigenvalue weighted by Crippen LogP contribution is 2.28. The Kier molecular flexibility index (Phi) is 6.65. The highest BCUT2D eigenvalue weighted by Gasteiger charge is 2.23. The lowest BCUT2D eigenvalue weighted by molar-refractivity contribution is -0.122. The number of ether oxygens (including phenoxy) is 2. The lowest BCUT2D eigenvalue weighted by Crippen LogP contribution is -2.45. The molecule has 3 rings (SSSR count). The summed E-state index contributed by atoms with van der Waals surface area (Å²) in [6.07, 6.45) is 1.21. The molecule has 3 atom stereocenters. The first-order valence-electron chi connectivity index (χ1n) is 9.11. The van der Waals surface area contributed by atoms with Crippen molar-refractivity contribution in [3.63, 3.8) is 0 Å². The van der Waals surface area contributed by atoms with E-state index in [9.17, 15) is 4.79 Å². The summed E-state index contributed by atoms with van der Waals surface area (Å²) in [6, 6.07) is 8.58. The van der Waals surface area contributed by atoms with Gasteiger partial charge in [0.1, 0.15) is 11.6 Å². The monoisotopic (exact) mass is 423 g/mol. The summed E-state index contributed by atoms with van der Waals surface area (Å²) in [5, 5.41) is 3.66. The van der Waals surface area contributed by atoms with Crippen LogP contribution >= 0.6 is 23.2 Å². The fourth-order valence-electron chi connectivity index (χ4n) is 3.07. The van der Waals surface area contributed by atoms with Crippen LogP contribution in [0.2, 0.25) is 10.0 Å². The zero-order valence-corrected chi connectivity index (χ0v) is 17.5. The van der Waals surface area contributed by atoms with Gasteiger partial charge in [-0.2, -0.15) is 0 Å². The van der Waals surface area contributed by atoms with Gasteiger partial charge < -0.3 is 19.7 Å². The highest BCUT2D eigenvalue weighted by molar-refractivity contribution is 6.35. The molecular formula is C20H23Cl2N3O3. The quantitative estimate of drug-likeness (QED) is 0.771. The van der Waals surface area contributed by atoms with Gasteiger partial charge in [-0.3, -0.25) is 4.79 Å². The molecule has 1 amide bonds. The number of halogens is 2. The Hall–Kier alpha value is -2.02. The number of nitrogens with one attached hydrogen (secondary N) is 1. The van der Waals surface area contributed by atoms with Gasteiger partial charge >= 0.3 is 0 Å². The summed E-state index contributed by atoms with van der Waals surface area (Å²) < 4.78 is 11.4. The Morgan fingerprint density at radius 2 is 1.96 bits per heavy atom. The van der Waals surface area contributed by atoms with Crippen LogP contribution in [-0.4, -0.2) is 42.3 Å². The lowest BCUT2D eigenvalue weighted by atomic mass is 10.2. The van der Waals surface area contributed by atoms with E-state index in [1.165, 1.54) is 0 Å². The number of hydrogen-bond acceptors (Lipinski definition) is 5. The maximum absolute atomic E-state index is 12.4. The van der Waals surface area contributed by atoms with Crippen LogP contribution in [0.1, 0.15) is 20.8 Å². The standard InChI is InChI=1S/C20H23Cl2N3O3/c1-12-10-25(11-13(2)27-12)19-7-5-16(9-23-19)24-20(26)14(3)28-18-6-4-15(21)8-17(18)22/h4-9,12-14H,10-11H2,1-3H3,(H,24,26). The van der Waals surface area contributed by atoms with E-state index < -0.39 is 6.10 Å². The van der Waals surface area contributed by atoms with Crippen molar-refractivity contribution in [2.24, 2.45) is 0 Å². The number of hydrogen-bond donors (Lipinski definition) is 1. The number of nitrogens with zero attached hydrogens (tertiary/aromatic N) is 2. The second-order valence-corrected chi connectivity index (χ2v) is 7.74. The van der Waals surface area contributed by atoms with Crippen molar-refractivity contribution in [1.82, 2.24) is 4.98 Å². The molecule has 1 aliphatic heterocycles. The average Bonchev–Trinajstić information content (AvgIpc) is 2.63. The van der Waals surface area contributed by atoms with Gasteiger partial charge in [0.25, 0.3) is 5.91 Å². The molecule has 8 heteroatoms. The summed E-state index contributed by atoms with van der Waals surface area (Å²) in [7, 11) is 0. The second-order valence-electron chi connectivity index (χ2n) is 6.89. The van der Waals surface area contributed by atoms with Crippen LogP contribution < -0.4 is 15.0 Å². The summed E-state index contributed by atoms with van der Waals surface area (Å²) in [4.78, 5) is 19.1. The number of amides is 1. The summed E-state index contributed by atoms with van der Waals surface area (Å²) in [6.45, 7) is 7.32. The normalized spacial score (nSPS) is 20.5. The molecule has 0 bridgehead atoms. The molecule has 28 heavy (non-hydrogen) atoms. The first kappa shape index (κ1) is 20.7. The largest absolute Gasteiger partial charge is 0.479 e. The molecule has 0 radical (unpaired) electrons. The lowest BCUT2D eigenvalue weighted by Gasteiger charge is -2.36. The molecule has 2 aromatic rings. The molecule has 1 N–H and O–H groups in total. The number of rotatable bonds is 5. The molecule has 1 aromatic carbocycles. The highest BCUT2D eigenvalue weighted by atomic mass is 35.5. The Morgan fingerprint density at radius 3 is 2.57 bits per heavy atom. The molecule has 3 unspecified atom stereocenters. The minimum Gasteiger partial charge on any atom is -0.479 e. The third-order valence-corrected chi connectivity index (χ3v) is 4.86. The summed E-state index contributed by atoms with van der Waals surface area (Å²) >= 11 is 12.0. The molecule has 0 aliphatic carbocycles. The average molecular weight is 424 g/mol. The van der Waals surface area contributed by atoms with E-state index in [2.05, 4.69) is 15.2 Å². The minimum atomic E-state index is -0.737. The van der Waals surface area contributed by atoms with Crippen LogP contribution in [0.4, 0.5) is 11.5 Å². The van der Waals surface area contributed by atoms with Crippen LogP contribution in [0.15, 0.2) is 36.5 Å². The van der Waals surface area contributed by atoms with Crippen molar-refractivity contribution in [1.29, 1.82) is 0 Å². The summed E-state index contributed by atoms with van der Waals surface area (Å²) in [5.41, 5.74) is 0.598. The summed E-state index contributed by atoms with van der Waals surface area (Å²) in [5.74, 6) is 0.962. The van der Waals surface area contributed by atoms with Crippen molar-refractivity contribution in [3.05, 3.63) is 46.6 Å². The molecule has 1 aromatic heterocycles. The molecule has 0 spiro atoms. The first-order valence-corrected chi connectivity index (χ1v) is 9.86. The molecule has 150 valence electrons. The second kappa shape index (κ2) is 8.99. The van der Waals surface area contributed by atoms with Crippen molar-refractivity contribution < 1.29 is 14.3 Å². The fraction of sp³-hybridized carbons (Fsp3) is 0.400. The van der Waals surface area contributed by atoms with Crippen LogP contribution in [-0.2, 0) is 9.53 Å². The smallest absolute Gasteiger partial charge is 0.265 e. The fourth-order valence-corrected chi connectivity index (χ4v) is 3.52. The van der Waals surface area contributed by atoms with E-state index in [0.29, 0.717) is 21.5 Å². The van der Waals surface area contributed by atoms with Gasteiger partial charge in [0.05, 0.1) is 29.1 Å². The number of benzene rings is 1. The molecule has 6 nitrogen and oxygen atoms in total. The molecule has 1 fully saturated rings.